The monoisotopic (exact) mass is 403 g/mol. The molecule has 144 valence electrons. The summed E-state index contributed by atoms with van der Waals surface area (Å²) in [6.45, 7) is 0.644. The Morgan fingerprint density at radius 3 is 2.64 bits per heavy atom. The van der Waals surface area contributed by atoms with E-state index in [4.69, 9.17) is 21.1 Å². The first kappa shape index (κ1) is 18.1. The molecular formula is C18H14ClN3O6. The summed E-state index contributed by atoms with van der Waals surface area (Å²) >= 11 is 5.76. The van der Waals surface area contributed by atoms with Crippen LogP contribution in [0.15, 0.2) is 36.4 Å². The highest BCUT2D eigenvalue weighted by Crippen LogP contribution is 2.33. The average molecular weight is 404 g/mol. The number of carbonyl (C=O) groups is 2. The molecule has 0 aromatic heterocycles. The van der Waals surface area contributed by atoms with Crippen LogP contribution in [0, 0.1) is 16.0 Å². The fraction of sp³-hybridized carbons (Fsp3) is 0.222. The van der Waals surface area contributed by atoms with Gasteiger partial charge in [0.05, 0.1) is 10.8 Å². The number of nitro groups is 1. The Balaban J connectivity index is 1.36. The fourth-order valence-electron chi connectivity index (χ4n) is 3.00. The van der Waals surface area contributed by atoms with E-state index < -0.39 is 10.8 Å². The van der Waals surface area contributed by atoms with Gasteiger partial charge < -0.3 is 19.7 Å². The van der Waals surface area contributed by atoms with Gasteiger partial charge in [0, 0.05) is 30.4 Å². The van der Waals surface area contributed by atoms with Crippen LogP contribution < -0.4 is 14.8 Å². The van der Waals surface area contributed by atoms with Crippen LogP contribution in [-0.2, 0) is 4.79 Å². The molecule has 0 bridgehead atoms. The van der Waals surface area contributed by atoms with Crippen molar-refractivity contribution in [2.45, 2.75) is 0 Å². The number of halogens is 1. The molecule has 2 heterocycles. The molecule has 28 heavy (non-hydrogen) atoms. The Morgan fingerprint density at radius 2 is 1.89 bits per heavy atom. The number of likely N-dealkylation sites (tertiary alicyclic amines) is 1. The molecule has 2 aliphatic heterocycles. The summed E-state index contributed by atoms with van der Waals surface area (Å²) in [7, 11) is 0. The van der Waals surface area contributed by atoms with Crippen molar-refractivity contribution in [2.75, 3.05) is 25.2 Å². The lowest BCUT2D eigenvalue weighted by Crippen LogP contribution is -2.54. The van der Waals surface area contributed by atoms with Crippen molar-refractivity contribution >= 4 is 34.8 Å². The van der Waals surface area contributed by atoms with E-state index in [1.54, 1.807) is 23.1 Å². The number of ether oxygens (including phenoxy) is 2. The van der Waals surface area contributed by atoms with Gasteiger partial charge in [-0.05, 0) is 30.3 Å². The molecule has 0 saturated carbocycles. The molecule has 0 unspecified atom stereocenters. The van der Waals surface area contributed by atoms with Gasteiger partial charge in [-0.2, -0.15) is 0 Å². The SMILES string of the molecule is O=C(Nc1ccc(Cl)c([N+](=O)[O-])c1)C1CN(C(=O)c2ccc3c(c2)OCO3)C1. The predicted octanol–water partition coefficient (Wildman–Crippen LogP) is 2.69. The van der Waals surface area contributed by atoms with E-state index >= 15 is 0 Å². The van der Waals surface area contributed by atoms with Crippen LogP contribution in [0.25, 0.3) is 0 Å². The summed E-state index contributed by atoms with van der Waals surface area (Å²) in [5.74, 6) is 0.197. The topological polar surface area (TPSA) is 111 Å². The molecular weight excluding hydrogens is 390 g/mol. The summed E-state index contributed by atoms with van der Waals surface area (Å²) in [6.07, 6.45) is 0. The number of benzene rings is 2. The largest absolute Gasteiger partial charge is 0.454 e. The number of amides is 2. The van der Waals surface area contributed by atoms with Gasteiger partial charge in [-0.25, -0.2) is 0 Å². The molecule has 2 aromatic rings. The van der Waals surface area contributed by atoms with Crippen LogP contribution in [0.3, 0.4) is 0 Å². The Morgan fingerprint density at radius 1 is 1.14 bits per heavy atom. The van der Waals surface area contributed by atoms with E-state index in [-0.39, 0.29) is 48.1 Å². The summed E-state index contributed by atoms with van der Waals surface area (Å²) < 4.78 is 10.5. The molecule has 2 amide bonds. The van der Waals surface area contributed by atoms with Gasteiger partial charge >= 0.3 is 0 Å². The number of rotatable bonds is 4. The minimum absolute atomic E-state index is 0.00728. The van der Waals surface area contributed by atoms with E-state index in [1.165, 1.54) is 18.2 Å². The maximum Gasteiger partial charge on any atom is 0.289 e. The van der Waals surface area contributed by atoms with Gasteiger partial charge in [0.25, 0.3) is 11.6 Å². The van der Waals surface area contributed by atoms with E-state index in [0.29, 0.717) is 17.1 Å². The lowest BCUT2D eigenvalue weighted by atomic mass is 9.97. The smallest absolute Gasteiger partial charge is 0.289 e. The minimum atomic E-state index is -0.618. The highest BCUT2D eigenvalue weighted by Gasteiger charge is 2.36. The lowest BCUT2D eigenvalue weighted by Gasteiger charge is -2.38. The number of nitro benzene ring substituents is 1. The van der Waals surface area contributed by atoms with E-state index in [1.807, 2.05) is 0 Å². The number of anilines is 1. The van der Waals surface area contributed by atoms with E-state index in [9.17, 15) is 19.7 Å². The minimum Gasteiger partial charge on any atom is -0.454 e. The third-order valence-electron chi connectivity index (χ3n) is 4.57. The van der Waals surface area contributed by atoms with Crippen LogP contribution >= 0.6 is 11.6 Å². The number of hydrogen-bond donors (Lipinski definition) is 1. The molecule has 1 fully saturated rings. The van der Waals surface area contributed by atoms with Crippen molar-refractivity contribution in [3.8, 4) is 11.5 Å². The molecule has 2 aromatic carbocycles. The summed E-state index contributed by atoms with van der Waals surface area (Å²) in [5.41, 5.74) is 0.450. The van der Waals surface area contributed by atoms with Gasteiger partial charge in [-0.15, -0.1) is 0 Å². The number of carbonyl (C=O) groups excluding carboxylic acids is 2. The number of nitrogens with zero attached hydrogens (tertiary/aromatic N) is 2. The highest BCUT2D eigenvalue weighted by molar-refractivity contribution is 6.32. The molecule has 4 rings (SSSR count). The third-order valence-corrected chi connectivity index (χ3v) is 4.89. The second-order valence-corrected chi connectivity index (χ2v) is 6.79. The first-order valence-electron chi connectivity index (χ1n) is 8.36. The van der Waals surface area contributed by atoms with Gasteiger partial charge in [0.15, 0.2) is 11.5 Å². The van der Waals surface area contributed by atoms with Crippen molar-refractivity contribution in [1.29, 1.82) is 0 Å². The van der Waals surface area contributed by atoms with Crippen LogP contribution in [0.2, 0.25) is 5.02 Å². The van der Waals surface area contributed by atoms with Gasteiger partial charge in [0.2, 0.25) is 12.7 Å². The summed E-state index contributed by atoms with van der Waals surface area (Å²) in [5, 5.41) is 13.5. The van der Waals surface area contributed by atoms with Crippen molar-refractivity contribution in [3.63, 3.8) is 0 Å². The second kappa shape index (κ2) is 7.01. The molecule has 0 radical (unpaired) electrons. The summed E-state index contributed by atoms with van der Waals surface area (Å²) in [6, 6.07) is 8.98. The molecule has 0 aliphatic carbocycles. The zero-order chi connectivity index (χ0) is 19.8. The Hall–Kier alpha value is -3.33. The Labute approximate surface area is 163 Å². The fourth-order valence-corrected chi connectivity index (χ4v) is 3.18. The van der Waals surface area contributed by atoms with Crippen LogP contribution in [0.1, 0.15) is 10.4 Å². The van der Waals surface area contributed by atoms with Gasteiger partial charge in [-0.3, -0.25) is 19.7 Å². The highest BCUT2D eigenvalue weighted by atomic mass is 35.5. The Kier molecular flexibility index (Phi) is 4.52. The third kappa shape index (κ3) is 3.31. The van der Waals surface area contributed by atoms with Crippen LogP contribution in [0.5, 0.6) is 11.5 Å². The van der Waals surface area contributed by atoms with E-state index in [2.05, 4.69) is 5.32 Å². The summed E-state index contributed by atoms with van der Waals surface area (Å²) in [4.78, 5) is 36.7. The van der Waals surface area contributed by atoms with E-state index in [0.717, 1.165) is 0 Å². The lowest BCUT2D eigenvalue weighted by molar-refractivity contribution is -0.384. The first-order valence-corrected chi connectivity index (χ1v) is 8.74. The van der Waals surface area contributed by atoms with Crippen LogP contribution in [-0.4, -0.2) is 41.5 Å². The average Bonchev–Trinajstić information content (AvgIpc) is 3.09. The standard InChI is InChI=1S/C18H14ClN3O6/c19-13-3-2-12(6-14(13)22(25)26)20-17(23)11-7-21(8-11)18(24)10-1-4-15-16(5-10)28-9-27-15/h1-6,11H,7-9H2,(H,20,23). The van der Waals surface area contributed by atoms with Crippen molar-refractivity contribution < 1.29 is 24.0 Å². The van der Waals surface area contributed by atoms with Gasteiger partial charge in [0.1, 0.15) is 5.02 Å². The van der Waals surface area contributed by atoms with Crippen LogP contribution in [0.4, 0.5) is 11.4 Å². The molecule has 10 heteroatoms. The molecule has 0 spiro atoms. The quantitative estimate of drug-likeness (QED) is 0.620. The zero-order valence-electron chi connectivity index (χ0n) is 14.4. The Bertz CT molecular complexity index is 989. The normalized spacial score (nSPS) is 15.1. The zero-order valence-corrected chi connectivity index (χ0v) is 15.1. The van der Waals surface area contributed by atoms with Crippen molar-refractivity contribution in [3.05, 3.63) is 57.1 Å². The molecule has 1 saturated heterocycles. The maximum atomic E-state index is 12.5. The molecule has 9 nitrogen and oxygen atoms in total. The first-order chi connectivity index (χ1) is 13.4. The predicted molar refractivity (Wildman–Crippen MR) is 98.7 cm³/mol. The molecule has 0 atom stereocenters. The second-order valence-electron chi connectivity index (χ2n) is 6.39. The molecule has 1 N–H and O–H groups in total. The van der Waals surface area contributed by atoms with Gasteiger partial charge in [-0.1, -0.05) is 11.6 Å². The number of fused-ring (bicyclic) bond motifs is 1. The number of hydrogen-bond acceptors (Lipinski definition) is 6. The number of nitrogens with one attached hydrogen (secondary N) is 1. The molecule has 2 aliphatic rings. The van der Waals surface area contributed by atoms with Crippen molar-refractivity contribution in [1.82, 2.24) is 4.90 Å². The maximum absolute atomic E-state index is 12.5. The van der Waals surface area contributed by atoms with Crippen molar-refractivity contribution in [2.24, 2.45) is 5.92 Å².